The third kappa shape index (κ3) is 1.75. The molecule has 0 bridgehead atoms. The highest BCUT2D eigenvalue weighted by molar-refractivity contribution is 6.21. The Bertz CT molecular complexity index is 384. The molecular formula is C9H12ClN3O. The van der Waals surface area contributed by atoms with Gasteiger partial charge in [0.2, 0.25) is 0 Å². The van der Waals surface area contributed by atoms with Crippen molar-refractivity contribution in [2.75, 3.05) is 5.32 Å². The molecule has 1 N–H and O–H groups in total. The molecule has 0 radical (unpaired) electrons. The Balaban J connectivity index is 2.10. The summed E-state index contributed by atoms with van der Waals surface area (Å²) in [5.41, 5.74) is -0.0921. The summed E-state index contributed by atoms with van der Waals surface area (Å²) >= 11 is 5.84. The molecule has 0 spiro atoms. The second kappa shape index (κ2) is 3.61. The molecule has 0 saturated heterocycles. The summed E-state index contributed by atoms with van der Waals surface area (Å²) in [7, 11) is 1.71. The van der Waals surface area contributed by atoms with Crippen LogP contribution in [0.1, 0.15) is 12.8 Å². The molecule has 0 amide bonds. The molecule has 1 aliphatic carbocycles. The van der Waals surface area contributed by atoms with Gasteiger partial charge in [0.15, 0.2) is 5.82 Å². The lowest BCUT2D eigenvalue weighted by Gasteiger charge is -2.31. The van der Waals surface area contributed by atoms with Crippen molar-refractivity contribution in [2.45, 2.75) is 24.3 Å². The van der Waals surface area contributed by atoms with E-state index in [9.17, 15) is 4.79 Å². The first-order valence-electron chi connectivity index (χ1n) is 4.59. The number of alkyl halides is 1. The Morgan fingerprint density at radius 3 is 3.00 bits per heavy atom. The Morgan fingerprint density at radius 2 is 2.36 bits per heavy atom. The van der Waals surface area contributed by atoms with Crippen molar-refractivity contribution in [1.29, 1.82) is 0 Å². The highest BCUT2D eigenvalue weighted by Crippen LogP contribution is 2.27. The van der Waals surface area contributed by atoms with Gasteiger partial charge in [0.1, 0.15) is 0 Å². The smallest absolute Gasteiger partial charge is 0.293 e. The van der Waals surface area contributed by atoms with E-state index < -0.39 is 0 Å². The van der Waals surface area contributed by atoms with E-state index in [4.69, 9.17) is 11.6 Å². The summed E-state index contributed by atoms with van der Waals surface area (Å²) in [6.45, 7) is 0. The van der Waals surface area contributed by atoms with Crippen LogP contribution in [-0.4, -0.2) is 21.0 Å². The molecule has 1 aromatic rings. The van der Waals surface area contributed by atoms with Crippen LogP contribution in [0.5, 0.6) is 0 Å². The summed E-state index contributed by atoms with van der Waals surface area (Å²) in [4.78, 5) is 15.5. The normalized spacial score (nSPS) is 25.6. The molecule has 76 valence electrons. The predicted molar refractivity (Wildman–Crippen MR) is 55.8 cm³/mol. The van der Waals surface area contributed by atoms with Gasteiger partial charge in [0.05, 0.1) is 0 Å². The quantitative estimate of drug-likeness (QED) is 0.745. The highest BCUT2D eigenvalue weighted by Gasteiger charge is 2.27. The SMILES string of the molecule is Cn1ccnc(NC2CC(Cl)C2)c1=O. The fourth-order valence-electron chi connectivity index (χ4n) is 1.46. The van der Waals surface area contributed by atoms with E-state index in [1.54, 1.807) is 19.4 Å². The minimum absolute atomic E-state index is 0.0921. The maximum Gasteiger partial charge on any atom is 0.293 e. The molecule has 4 nitrogen and oxygen atoms in total. The Kier molecular flexibility index (Phi) is 2.46. The van der Waals surface area contributed by atoms with Crippen LogP contribution in [0.25, 0.3) is 0 Å². The van der Waals surface area contributed by atoms with E-state index in [-0.39, 0.29) is 10.9 Å². The van der Waals surface area contributed by atoms with Crippen molar-refractivity contribution in [2.24, 2.45) is 7.05 Å². The van der Waals surface area contributed by atoms with Crippen LogP contribution in [0.15, 0.2) is 17.2 Å². The first-order valence-corrected chi connectivity index (χ1v) is 5.02. The first-order chi connectivity index (χ1) is 6.66. The van der Waals surface area contributed by atoms with Gasteiger partial charge in [0.25, 0.3) is 5.56 Å². The standard InChI is InChI=1S/C9H12ClN3O/c1-13-3-2-11-8(9(13)14)12-7-4-6(10)5-7/h2-3,6-7H,4-5H2,1H3,(H,11,12). The van der Waals surface area contributed by atoms with Gasteiger partial charge in [-0.15, -0.1) is 11.6 Å². The molecule has 1 aliphatic rings. The molecule has 14 heavy (non-hydrogen) atoms. The van der Waals surface area contributed by atoms with Gasteiger partial charge in [-0.2, -0.15) is 0 Å². The van der Waals surface area contributed by atoms with Crippen molar-refractivity contribution in [3.05, 3.63) is 22.7 Å². The number of nitrogens with one attached hydrogen (secondary N) is 1. The van der Waals surface area contributed by atoms with E-state index in [0.29, 0.717) is 11.9 Å². The van der Waals surface area contributed by atoms with Gasteiger partial charge in [-0.05, 0) is 12.8 Å². The van der Waals surface area contributed by atoms with E-state index in [1.165, 1.54) is 4.57 Å². The number of nitrogens with zero attached hydrogens (tertiary/aromatic N) is 2. The third-order valence-corrected chi connectivity index (χ3v) is 2.79. The summed E-state index contributed by atoms with van der Waals surface area (Å²) in [5, 5.41) is 3.34. The zero-order valence-electron chi connectivity index (χ0n) is 7.90. The number of halogens is 1. The minimum Gasteiger partial charge on any atom is -0.363 e. The molecule has 0 aromatic carbocycles. The Hall–Kier alpha value is -1.03. The van der Waals surface area contributed by atoms with Gasteiger partial charge in [-0.25, -0.2) is 4.98 Å². The third-order valence-electron chi connectivity index (χ3n) is 2.44. The topological polar surface area (TPSA) is 46.9 Å². The minimum atomic E-state index is -0.0921. The number of anilines is 1. The van der Waals surface area contributed by atoms with Gasteiger partial charge < -0.3 is 9.88 Å². The van der Waals surface area contributed by atoms with Gasteiger partial charge in [-0.1, -0.05) is 0 Å². The van der Waals surface area contributed by atoms with Crippen LogP contribution < -0.4 is 10.9 Å². The lowest BCUT2D eigenvalue weighted by atomic mass is 9.92. The predicted octanol–water partition coefficient (Wildman–Crippen LogP) is 0.962. The summed E-state index contributed by atoms with van der Waals surface area (Å²) < 4.78 is 1.51. The molecule has 5 heteroatoms. The summed E-state index contributed by atoms with van der Waals surface area (Å²) in [6.07, 6.45) is 5.06. The fourth-order valence-corrected chi connectivity index (χ4v) is 1.89. The van der Waals surface area contributed by atoms with E-state index in [0.717, 1.165) is 12.8 Å². The summed E-state index contributed by atoms with van der Waals surface area (Å²) in [5.74, 6) is 0.420. The lowest BCUT2D eigenvalue weighted by molar-refractivity contribution is 0.452. The summed E-state index contributed by atoms with van der Waals surface area (Å²) in [6, 6.07) is 0.306. The zero-order valence-corrected chi connectivity index (χ0v) is 8.66. The monoisotopic (exact) mass is 213 g/mol. The highest BCUT2D eigenvalue weighted by atomic mass is 35.5. The van der Waals surface area contributed by atoms with Crippen LogP contribution in [0, 0.1) is 0 Å². The molecular weight excluding hydrogens is 202 g/mol. The van der Waals surface area contributed by atoms with E-state index in [1.807, 2.05) is 0 Å². The Morgan fingerprint density at radius 1 is 1.64 bits per heavy atom. The molecule has 0 unspecified atom stereocenters. The van der Waals surface area contributed by atoms with E-state index >= 15 is 0 Å². The van der Waals surface area contributed by atoms with Crippen molar-refractivity contribution in [1.82, 2.24) is 9.55 Å². The van der Waals surface area contributed by atoms with Crippen LogP contribution >= 0.6 is 11.6 Å². The second-order valence-corrected chi connectivity index (χ2v) is 4.22. The van der Waals surface area contributed by atoms with Crippen LogP contribution in [0.3, 0.4) is 0 Å². The van der Waals surface area contributed by atoms with Crippen LogP contribution in [0.4, 0.5) is 5.82 Å². The molecule has 1 fully saturated rings. The van der Waals surface area contributed by atoms with Gasteiger partial charge >= 0.3 is 0 Å². The van der Waals surface area contributed by atoms with Gasteiger partial charge in [-0.3, -0.25) is 4.79 Å². The van der Waals surface area contributed by atoms with Crippen LogP contribution in [-0.2, 0) is 7.05 Å². The lowest BCUT2D eigenvalue weighted by Crippen LogP contribution is -2.38. The maximum absolute atomic E-state index is 11.5. The number of hydrogen-bond donors (Lipinski definition) is 1. The number of hydrogen-bond acceptors (Lipinski definition) is 3. The molecule has 2 rings (SSSR count). The van der Waals surface area contributed by atoms with Crippen molar-refractivity contribution in [3.8, 4) is 0 Å². The number of aromatic nitrogens is 2. The van der Waals surface area contributed by atoms with Crippen molar-refractivity contribution < 1.29 is 0 Å². The van der Waals surface area contributed by atoms with Gasteiger partial charge in [0, 0.05) is 30.9 Å². The second-order valence-electron chi connectivity index (χ2n) is 3.60. The molecule has 0 aliphatic heterocycles. The number of aryl methyl sites for hydroxylation is 1. The Labute approximate surface area is 86.9 Å². The largest absolute Gasteiger partial charge is 0.363 e. The average molecular weight is 214 g/mol. The van der Waals surface area contributed by atoms with Crippen LogP contribution in [0.2, 0.25) is 0 Å². The molecule has 1 heterocycles. The molecule has 1 saturated carbocycles. The number of rotatable bonds is 2. The fraction of sp³-hybridized carbons (Fsp3) is 0.556. The molecule has 0 atom stereocenters. The average Bonchev–Trinajstić information content (AvgIpc) is 2.10. The van der Waals surface area contributed by atoms with Crippen molar-refractivity contribution >= 4 is 17.4 Å². The van der Waals surface area contributed by atoms with Crippen molar-refractivity contribution in [3.63, 3.8) is 0 Å². The zero-order chi connectivity index (χ0) is 10.1. The van der Waals surface area contributed by atoms with E-state index in [2.05, 4.69) is 10.3 Å². The maximum atomic E-state index is 11.5. The first kappa shape index (κ1) is 9.52. The molecule has 1 aromatic heterocycles.